The Morgan fingerprint density at radius 3 is 2.75 bits per heavy atom. The summed E-state index contributed by atoms with van der Waals surface area (Å²) in [5.74, 6) is 0.270. The van der Waals surface area contributed by atoms with Crippen molar-refractivity contribution < 1.29 is 5.11 Å². The summed E-state index contributed by atoms with van der Waals surface area (Å²) in [6, 6.07) is 7.74. The minimum absolute atomic E-state index is 0.270. The van der Waals surface area contributed by atoms with E-state index in [2.05, 4.69) is 5.10 Å². The zero-order valence-electron chi connectivity index (χ0n) is 11.6. The lowest BCUT2D eigenvalue weighted by Crippen LogP contribution is -2.18. The number of para-hydroxylation sites is 1. The average Bonchev–Trinajstić information content (AvgIpc) is 2.81. The number of benzene rings is 1. The maximum Gasteiger partial charge on any atom is 0.203 e. The molecule has 4 nitrogen and oxygen atoms in total. The third kappa shape index (κ3) is 2.77. The molecule has 106 valence electrons. The van der Waals surface area contributed by atoms with Gasteiger partial charge in [-0.2, -0.15) is 5.10 Å². The van der Waals surface area contributed by atoms with Crippen LogP contribution in [0.25, 0.3) is 10.6 Å². The standard InChI is InChI=1S/C15H19N3OS/c1-18-15(16-11-7-3-2-4-8-11)20-14(17-18)12-9-5-6-10-13(12)19/h5-6,9-11,19H,2-4,7-8H2,1H3. The Kier molecular flexibility index (Phi) is 3.87. The molecule has 1 fully saturated rings. The van der Waals surface area contributed by atoms with Crippen molar-refractivity contribution in [2.24, 2.45) is 12.0 Å². The van der Waals surface area contributed by atoms with E-state index in [-0.39, 0.29) is 5.75 Å². The Balaban J connectivity index is 1.95. The highest BCUT2D eigenvalue weighted by Crippen LogP contribution is 2.28. The fourth-order valence-corrected chi connectivity index (χ4v) is 3.59. The molecule has 1 aromatic carbocycles. The highest BCUT2D eigenvalue weighted by Gasteiger charge is 2.14. The van der Waals surface area contributed by atoms with E-state index in [1.807, 2.05) is 29.9 Å². The van der Waals surface area contributed by atoms with Crippen molar-refractivity contribution in [3.63, 3.8) is 0 Å². The number of phenolic OH excluding ortho intramolecular Hbond substituents is 1. The van der Waals surface area contributed by atoms with Gasteiger partial charge in [-0.1, -0.05) is 42.7 Å². The lowest BCUT2D eigenvalue weighted by Gasteiger charge is -2.16. The van der Waals surface area contributed by atoms with Crippen LogP contribution in [-0.4, -0.2) is 20.9 Å². The highest BCUT2D eigenvalue weighted by molar-refractivity contribution is 7.12. The van der Waals surface area contributed by atoms with Gasteiger partial charge in [0.1, 0.15) is 5.75 Å². The van der Waals surface area contributed by atoms with Crippen LogP contribution in [0.2, 0.25) is 0 Å². The van der Waals surface area contributed by atoms with E-state index in [9.17, 15) is 5.11 Å². The maximum atomic E-state index is 9.91. The van der Waals surface area contributed by atoms with Crippen LogP contribution in [0.15, 0.2) is 29.3 Å². The molecule has 1 saturated carbocycles. The third-order valence-corrected chi connectivity index (χ3v) is 4.75. The van der Waals surface area contributed by atoms with Gasteiger partial charge in [0.2, 0.25) is 4.80 Å². The first kappa shape index (κ1) is 13.4. The third-order valence-electron chi connectivity index (χ3n) is 3.71. The SMILES string of the molecule is Cn1nc(-c2ccccc2O)sc1=NC1CCCCC1. The van der Waals surface area contributed by atoms with Gasteiger partial charge in [0, 0.05) is 7.05 Å². The second kappa shape index (κ2) is 5.79. The molecular weight excluding hydrogens is 270 g/mol. The van der Waals surface area contributed by atoms with Gasteiger partial charge in [0.15, 0.2) is 5.01 Å². The number of hydrogen-bond donors (Lipinski definition) is 1. The lowest BCUT2D eigenvalue weighted by molar-refractivity contribution is 0.434. The molecule has 0 aliphatic heterocycles. The fourth-order valence-electron chi connectivity index (χ4n) is 2.59. The van der Waals surface area contributed by atoms with Gasteiger partial charge < -0.3 is 5.11 Å². The Hall–Kier alpha value is -1.62. The van der Waals surface area contributed by atoms with Crippen molar-refractivity contribution in [3.8, 4) is 16.3 Å². The van der Waals surface area contributed by atoms with E-state index in [0.29, 0.717) is 6.04 Å². The molecule has 0 radical (unpaired) electrons. The zero-order chi connectivity index (χ0) is 13.9. The second-order valence-electron chi connectivity index (χ2n) is 5.25. The molecule has 0 amide bonds. The first-order valence-electron chi connectivity index (χ1n) is 7.10. The summed E-state index contributed by atoms with van der Waals surface area (Å²) in [5.41, 5.74) is 0.776. The quantitative estimate of drug-likeness (QED) is 0.923. The molecular formula is C15H19N3OS. The summed E-state index contributed by atoms with van der Waals surface area (Å²) >= 11 is 1.55. The van der Waals surface area contributed by atoms with Crippen LogP contribution < -0.4 is 4.80 Å². The summed E-state index contributed by atoms with van der Waals surface area (Å²) in [5, 5.41) is 15.2. The second-order valence-corrected chi connectivity index (χ2v) is 6.21. The number of hydrogen-bond acceptors (Lipinski definition) is 4. The monoisotopic (exact) mass is 289 g/mol. The van der Waals surface area contributed by atoms with Gasteiger partial charge in [-0.25, -0.2) is 4.68 Å². The largest absolute Gasteiger partial charge is 0.507 e. The lowest BCUT2D eigenvalue weighted by atomic mass is 9.96. The van der Waals surface area contributed by atoms with Crippen LogP contribution in [-0.2, 0) is 7.05 Å². The van der Waals surface area contributed by atoms with Crippen LogP contribution in [0.4, 0.5) is 0 Å². The Morgan fingerprint density at radius 2 is 2.00 bits per heavy atom. The van der Waals surface area contributed by atoms with Gasteiger partial charge in [0.05, 0.1) is 11.6 Å². The van der Waals surface area contributed by atoms with Crippen LogP contribution in [0, 0.1) is 0 Å². The van der Waals surface area contributed by atoms with Gasteiger partial charge in [-0.3, -0.25) is 4.99 Å². The number of aryl methyl sites for hydroxylation is 1. The predicted molar refractivity (Wildman–Crippen MR) is 80.6 cm³/mol. The van der Waals surface area contributed by atoms with Crippen molar-refractivity contribution in [2.75, 3.05) is 0 Å². The first-order valence-corrected chi connectivity index (χ1v) is 7.92. The molecule has 0 bridgehead atoms. The summed E-state index contributed by atoms with van der Waals surface area (Å²) in [6.07, 6.45) is 6.27. The van der Waals surface area contributed by atoms with E-state index in [4.69, 9.17) is 4.99 Å². The molecule has 0 atom stereocenters. The normalized spacial score (nSPS) is 17.6. The molecule has 20 heavy (non-hydrogen) atoms. The molecule has 1 aliphatic rings. The molecule has 3 rings (SSSR count). The molecule has 5 heteroatoms. The van der Waals surface area contributed by atoms with E-state index in [0.717, 1.165) is 15.4 Å². The maximum absolute atomic E-state index is 9.91. The molecule has 0 spiro atoms. The summed E-state index contributed by atoms with van der Waals surface area (Å²) in [6.45, 7) is 0. The Bertz CT molecular complexity index is 653. The molecule has 2 aromatic rings. The number of aromatic hydroxyl groups is 1. The number of phenols is 1. The minimum Gasteiger partial charge on any atom is -0.507 e. The van der Waals surface area contributed by atoms with Gasteiger partial charge in [0.25, 0.3) is 0 Å². The average molecular weight is 289 g/mol. The van der Waals surface area contributed by atoms with Crippen molar-refractivity contribution in [2.45, 2.75) is 38.1 Å². The molecule has 0 unspecified atom stereocenters. The molecule has 1 aromatic heterocycles. The highest BCUT2D eigenvalue weighted by atomic mass is 32.1. The summed E-state index contributed by atoms with van der Waals surface area (Å²) in [4.78, 5) is 5.77. The number of rotatable bonds is 2. The summed E-state index contributed by atoms with van der Waals surface area (Å²) in [7, 11) is 1.92. The first-order chi connectivity index (χ1) is 9.74. The Labute approximate surface area is 122 Å². The van der Waals surface area contributed by atoms with Crippen molar-refractivity contribution in [1.82, 2.24) is 9.78 Å². The summed E-state index contributed by atoms with van der Waals surface area (Å²) < 4.78 is 1.82. The Morgan fingerprint density at radius 1 is 1.25 bits per heavy atom. The van der Waals surface area contributed by atoms with E-state index >= 15 is 0 Å². The predicted octanol–water partition coefficient (Wildman–Crippen LogP) is 3.09. The molecule has 1 heterocycles. The van der Waals surface area contributed by atoms with Gasteiger partial charge >= 0.3 is 0 Å². The van der Waals surface area contributed by atoms with Crippen LogP contribution >= 0.6 is 11.3 Å². The van der Waals surface area contributed by atoms with Crippen LogP contribution in [0.1, 0.15) is 32.1 Å². The minimum atomic E-state index is 0.270. The van der Waals surface area contributed by atoms with Crippen LogP contribution in [0.5, 0.6) is 5.75 Å². The number of nitrogens with zero attached hydrogens (tertiary/aromatic N) is 3. The molecule has 1 aliphatic carbocycles. The smallest absolute Gasteiger partial charge is 0.203 e. The van der Waals surface area contributed by atoms with Crippen molar-refractivity contribution >= 4 is 11.3 Å². The fraction of sp³-hybridized carbons (Fsp3) is 0.467. The van der Waals surface area contributed by atoms with Gasteiger partial charge in [-0.15, -0.1) is 0 Å². The van der Waals surface area contributed by atoms with E-state index in [1.54, 1.807) is 17.4 Å². The zero-order valence-corrected chi connectivity index (χ0v) is 12.4. The van der Waals surface area contributed by atoms with Crippen molar-refractivity contribution in [3.05, 3.63) is 29.1 Å². The molecule has 0 saturated heterocycles. The van der Waals surface area contributed by atoms with E-state index in [1.165, 1.54) is 32.1 Å². The van der Waals surface area contributed by atoms with Crippen LogP contribution in [0.3, 0.4) is 0 Å². The van der Waals surface area contributed by atoms with Gasteiger partial charge in [-0.05, 0) is 25.0 Å². The number of aromatic nitrogens is 2. The van der Waals surface area contributed by atoms with Crippen molar-refractivity contribution in [1.29, 1.82) is 0 Å². The topological polar surface area (TPSA) is 50.4 Å². The van der Waals surface area contributed by atoms with E-state index < -0.39 is 0 Å². The molecule has 1 N–H and O–H groups in total.